The van der Waals surface area contributed by atoms with Crippen LogP contribution < -0.4 is 10.1 Å². The number of rotatable bonds is 7. The van der Waals surface area contributed by atoms with Crippen LogP contribution in [0, 0.1) is 0 Å². The van der Waals surface area contributed by atoms with E-state index >= 15 is 0 Å². The largest absolute Gasteiger partial charge is 0.497 e. The van der Waals surface area contributed by atoms with E-state index in [1.807, 2.05) is 38.1 Å². The molecule has 0 aliphatic carbocycles. The average Bonchev–Trinajstić information content (AvgIpc) is 2.84. The Morgan fingerprint density at radius 2 is 2.16 bits per heavy atom. The minimum absolute atomic E-state index is 0.0172. The Bertz CT molecular complexity index is 720. The molecule has 0 bridgehead atoms. The summed E-state index contributed by atoms with van der Waals surface area (Å²) in [6, 6.07) is 7.85. The van der Waals surface area contributed by atoms with E-state index in [2.05, 4.69) is 10.2 Å². The Morgan fingerprint density at radius 3 is 2.72 bits per heavy atom. The summed E-state index contributed by atoms with van der Waals surface area (Å²) < 4.78 is 28.6. The predicted octanol–water partition coefficient (Wildman–Crippen LogP) is 1.77. The normalized spacial score (nSPS) is 23.4. The van der Waals surface area contributed by atoms with Crippen molar-refractivity contribution in [2.24, 2.45) is 0 Å². The number of sulfone groups is 1. The lowest BCUT2D eigenvalue weighted by Gasteiger charge is -2.30. The molecule has 1 aromatic carbocycles. The molecule has 6 nitrogen and oxygen atoms in total. The molecule has 1 N–H and O–H groups in total. The van der Waals surface area contributed by atoms with Gasteiger partial charge in [-0.25, -0.2) is 8.42 Å². The molecular weight excluding hydrogens is 340 g/mol. The molecule has 7 heteroatoms. The number of methoxy groups -OCH3 is 1. The molecule has 1 fully saturated rings. The number of carbonyl (C=O) groups excluding carboxylic acids is 1. The Hall–Kier alpha value is -1.60. The van der Waals surface area contributed by atoms with Crippen LogP contribution in [0.15, 0.2) is 24.3 Å². The molecule has 2 rings (SSSR count). The van der Waals surface area contributed by atoms with Crippen molar-refractivity contribution >= 4 is 15.7 Å². The maximum absolute atomic E-state index is 12.5. The van der Waals surface area contributed by atoms with E-state index in [1.165, 1.54) is 0 Å². The molecule has 1 aliphatic rings. The number of benzene rings is 1. The van der Waals surface area contributed by atoms with Gasteiger partial charge in [0.1, 0.15) is 5.75 Å². The number of nitrogens with zero attached hydrogens (tertiary/aromatic N) is 1. The van der Waals surface area contributed by atoms with Crippen LogP contribution in [-0.2, 0) is 14.6 Å². The zero-order valence-corrected chi connectivity index (χ0v) is 16.2. The fourth-order valence-corrected chi connectivity index (χ4v) is 5.40. The van der Waals surface area contributed by atoms with Gasteiger partial charge in [0.05, 0.1) is 30.7 Å². The van der Waals surface area contributed by atoms with E-state index in [0.29, 0.717) is 13.0 Å². The summed E-state index contributed by atoms with van der Waals surface area (Å²) in [7, 11) is -1.41. The highest BCUT2D eigenvalue weighted by Crippen LogP contribution is 2.25. The van der Waals surface area contributed by atoms with Crippen molar-refractivity contribution < 1.29 is 17.9 Å². The monoisotopic (exact) mass is 368 g/mol. The van der Waals surface area contributed by atoms with Gasteiger partial charge < -0.3 is 10.1 Å². The lowest BCUT2D eigenvalue weighted by molar-refractivity contribution is -0.124. The van der Waals surface area contributed by atoms with Gasteiger partial charge in [-0.3, -0.25) is 9.69 Å². The van der Waals surface area contributed by atoms with E-state index in [1.54, 1.807) is 14.0 Å². The smallest absolute Gasteiger partial charge is 0.234 e. The predicted molar refractivity (Wildman–Crippen MR) is 98.5 cm³/mol. The number of hydrogen-bond acceptors (Lipinski definition) is 5. The van der Waals surface area contributed by atoms with Crippen LogP contribution in [0.1, 0.15) is 38.8 Å². The van der Waals surface area contributed by atoms with Crippen LogP contribution >= 0.6 is 0 Å². The molecule has 25 heavy (non-hydrogen) atoms. The average molecular weight is 368 g/mol. The maximum atomic E-state index is 12.5. The van der Waals surface area contributed by atoms with Gasteiger partial charge in [-0.15, -0.1) is 0 Å². The molecule has 0 aromatic heterocycles. The molecule has 1 heterocycles. The quantitative estimate of drug-likeness (QED) is 0.794. The summed E-state index contributed by atoms with van der Waals surface area (Å²) >= 11 is 0. The highest BCUT2D eigenvalue weighted by molar-refractivity contribution is 7.91. The lowest BCUT2D eigenvalue weighted by atomic mass is 10.0. The SMILES string of the molecule is CCN(CC(=O)N[C@@]1(C)CCS(=O)(=O)C1)[C@@H](C)c1cccc(OC)c1. The number of nitrogens with one attached hydrogen (secondary N) is 1. The molecule has 0 saturated carbocycles. The van der Waals surface area contributed by atoms with Gasteiger partial charge in [0.2, 0.25) is 5.91 Å². The molecular formula is C18H28N2O4S. The Kier molecular flexibility index (Phi) is 6.11. The van der Waals surface area contributed by atoms with Gasteiger partial charge >= 0.3 is 0 Å². The summed E-state index contributed by atoms with van der Waals surface area (Å²) in [5.41, 5.74) is 0.415. The first-order chi connectivity index (χ1) is 11.7. The fourth-order valence-electron chi connectivity index (χ4n) is 3.30. The van der Waals surface area contributed by atoms with Crippen LogP contribution in [-0.4, -0.2) is 56.5 Å². The second-order valence-electron chi connectivity index (χ2n) is 6.97. The minimum atomic E-state index is -3.04. The number of ether oxygens (including phenoxy) is 1. The van der Waals surface area contributed by atoms with Crippen LogP contribution in [0.3, 0.4) is 0 Å². The topological polar surface area (TPSA) is 75.7 Å². The third-order valence-corrected chi connectivity index (χ3v) is 6.72. The first-order valence-electron chi connectivity index (χ1n) is 8.57. The van der Waals surface area contributed by atoms with E-state index in [-0.39, 0.29) is 30.0 Å². The summed E-state index contributed by atoms with van der Waals surface area (Å²) in [6.07, 6.45) is 0.471. The minimum Gasteiger partial charge on any atom is -0.497 e. The van der Waals surface area contributed by atoms with Crippen molar-refractivity contribution in [1.29, 1.82) is 0 Å². The molecule has 140 valence electrons. The maximum Gasteiger partial charge on any atom is 0.234 e. The Balaban J connectivity index is 2.02. The first-order valence-corrected chi connectivity index (χ1v) is 10.4. The van der Waals surface area contributed by atoms with Crippen molar-refractivity contribution in [1.82, 2.24) is 10.2 Å². The molecule has 1 aromatic rings. The number of amides is 1. The molecule has 1 saturated heterocycles. The van der Waals surface area contributed by atoms with Gasteiger partial charge in [-0.05, 0) is 44.5 Å². The number of carbonyl (C=O) groups is 1. The molecule has 2 atom stereocenters. The van der Waals surface area contributed by atoms with E-state index < -0.39 is 15.4 Å². The summed E-state index contributed by atoms with van der Waals surface area (Å²) in [5, 5.41) is 2.92. The third kappa shape index (κ3) is 5.19. The van der Waals surface area contributed by atoms with Crippen LogP contribution in [0.4, 0.5) is 0 Å². The molecule has 0 unspecified atom stereocenters. The zero-order valence-electron chi connectivity index (χ0n) is 15.4. The highest BCUT2D eigenvalue weighted by atomic mass is 32.2. The second-order valence-corrected chi connectivity index (χ2v) is 9.15. The molecule has 0 radical (unpaired) electrons. The number of hydrogen-bond donors (Lipinski definition) is 1. The Labute approximate surface area is 150 Å². The summed E-state index contributed by atoms with van der Waals surface area (Å²) in [5.74, 6) is 0.801. The van der Waals surface area contributed by atoms with Gasteiger partial charge in [-0.2, -0.15) is 0 Å². The van der Waals surface area contributed by atoms with Crippen molar-refractivity contribution in [3.63, 3.8) is 0 Å². The number of likely N-dealkylation sites (N-methyl/N-ethyl adjacent to an activating group) is 1. The standard InChI is InChI=1S/C18H28N2O4S/c1-5-20(14(2)15-7-6-8-16(11-15)24-4)12-17(21)19-18(3)9-10-25(22,23)13-18/h6-8,11,14H,5,9-10,12-13H2,1-4H3,(H,19,21)/t14-,18-/m0/s1. The zero-order chi connectivity index (χ0) is 18.7. The Morgan fingerprint density at radius 1 is 1.44 bits per heavy atom. The van der Waals surface area contributed by atoms with Gasteiger partial charge in [0.15, 0.2) is 9.84 Å². The van der Waals surface area contributed by atoms with Crippen LogP contribution in [0.5, 0.6) is 5.75 Å². The van der Waals surface area contributed by atoms with Crippen molar-refractivity contribution in [3.8, 4) is 5.75 Å². The van der Waals surface area contributed by atoms with Crippen molar-refractivity contribution in [2.75, 3.05) is 31.7 Å². The van der Waals surface area contributed by atoms with Crippen molar-refractivity contribution in [2.45, 2.75) is 38.8 Å². The highest BCUT2D eigenvalue weighted by Gasteiger charge is 2.39. The third-order valence-electron chi connectivity index (χ3n) is 4.82. The lowest BCUT2D eigenvalue weighted by Crippen LogP contribution is -2.50. The van der Waals surface area contributed by atoms with Crippen LogP contribution in [0.25, 0.3) is 0 Å². The van der Waals surface area contributed by atoms with Crippen molar-refractivity contribution in [3.05, 3.63) is 29.8 Å². The second kappa shape index (κ2) is 7.74. The van der Waals surface area contributed by atoms with E-state index in [0.717, 1.165) is 11.3 Å². The van der Waals surface area contributed by atoms with E-state index in [4.69, 9.17) is 4.74 Å². The summed E-state index contributed by atoms with van der Waals surface area (Å²) in [6.45, 7) is 6.79. The van der Waals surface area contributed by atoms with Gasteiger partial charge in [-0.1, -0.05) is 19.1 Å². The summed E-state index contributed by atoms with van der Waals surface area (Å²) in [4.78, 5) is 14.5. The van der Waals surface area contributed by atoms with E-state index in [9.17, 15) is 13.2 Å². The molecule has 1 amide bonds. The molecule has 1 aliphatic heterocycles. The van der Waals surface area contributed by atoms with Crippen LogP contribution in [0.2, 0.25) is 0 Å². The fraction of sp³-hybridized carbons (Fsp3) is 0.611. The van der Waals surface area contributed by atoms with Gasteiger partial charge in [0.25, 0.3) is 0 Å². The van der Waals surface area contributed by atoms with Gasteiger partial charge in [0, 0.05) is 6.04 Å². The molecule has 0 spiro atoms. The first kappa shape index (κ1) is 19.7.